The van der Waals surface area contributed by atoms with Gasteiger partial charge in [-0.1, -0.05) is 29.4 Å². The van der Waals surface area contributed by atoms with Crippen molar-refractivity contribution in [3.8, 4) is 11.5 Å². The van der Waals surface area contributed by atoms with Crippen LogP contribution in [0, 0.1) is 0 Å². The molecular formula is C17H15N3O. The average Bonchev–Trinajstić information content (AvgIpc) is 3.09. The molecule has 0 saturated carbocycles. The molecule has 0 bridgehead atoms. The van der Waals surface area contributed by atoms with E-state index in [-0.39, 0.29) is 0 Å². The van der Waals surface area contributed by atoms with Crippen molar-refractivity contribution in [1.29, 1.82) is 0 Å². The molecule has 1 aliphatic rings. The third kappa shape index (κ3) is 2.23. The summed E-state index contributed by atoms with van der Waals surface area (Å²) in [5.41, 5.74) is 4.58. The molecule has 0 aliphatic heterocycles. The van der Waals surface area contributed by atoms with Crippen LogP contribution in [0.25, 0.3) is 11.5 Å². The van der Waals surface area contributed by atoms with Crippen molar-refractivity contribution in [1.82, 2.24) is 15.1 Å². The molecule has 4 rings (SSSR count). The number of aromatic nitrogens is 3. The second-order valence-corrected chi connectivity index (χ2v) is 5.33. The molecule has 0 amide bonds. The van der Waals surface area contributed by atoms with Crippen molar-refractivity contribution in [2.24, 2.45) is 0 Å². The molecule has 2 heterocycles. The number of hydrogen-bond donors (Lipinski definition) is 0. The van der Waals surface area contributed by atoms with E-state index in [4.69, 9.17) is 9.51 Å². The summed E-state index contributed by atoms with van der Waals surface area (Å²) < 4.78 is 4.88. The van der Waals surface area contributed by atoms with Gasteiger partial charge in [0.1, 0.15) is 6.26 Å². The molecule has 4 nitrogen and oxygen atoms in total. The van der Waals surface area contributed by atoms with Gasteiger partial charge in [-0.15, -0.1) is 0 Å². The molecule has 3 aromatic rings. The highest BCUT2D eigenvalue weighted by Crippen LogP contribution is 2.35. The highest BCUT2D eigenvalue weighted by atomic mass is 16.5. The van der Waals surface area contributed by atoms with E-state index in [9.17, 15) is 0 Å². The van der Waals surface area contributed by atoms with Gasteiger partial charge in [-0.05, 0) is 36.5 Å². The molecule has 104 valence electrons. The Morgan fingerprint density at radius 1 is 1.10 bits per heavy atom. The summed E-state index contributed by atoms with van der Waals surface area (Å²) in [7, 11) is 0. The minimum atomic E-state index is 0.351. The van der Waals surface area contributed by atoms with Crippen LogP contribution in [-0.2, 0) is 6.42 Å². The lowest BCUT2D eigenvalue weighted by atomic mass is 9.81. The number of nitrogens with zero attached hydrogens (tertiary/aromatic N) is 3. The fraction of sp³-hybridized carbons (Fsp3) is 0.235. The Morgan fingerprint density at radius 2 is 2.05 bits per heavy atom. The lowest BCUT2D eigenvalue weighted by Crippen LogP contribution is -2.12. The Bertz CT molecular complexity index is 752. The van der Waals surface area contributed by atoms with E-state index in [0.29, 0.717) is 17.4 Å². The Balaban J connectivity index is 1.76. The summed E-state index contributed by atoms with van der Waals surface area (Å²) in [5, 5.41) is 3.92. The monoisotopic (exact) mass is 277 g/mol. The van der Waals surface area contributed by atoms with Gasteiger partial charge < -0.3 is 4.52 Å². The van der Waals surface area contributed by atoms with Crippen LogP contribution in [0.15, 0.2) is 53.4 Å². The normalized spacial score (nSPS) is 17.4. The molecule has 1 unspecified atom stereocenters. The van der Waals surface area contributed by atoms with Crippen LogP contribution in [0.3, 0.4) is 0 Å². The van der Waals surface area contributed by atoms with Gasteiger partial charge in [0.05, 0.1) is 5.69 Å². The predicted octanol–water partition coefficient (Wildman–Crippen LogP) is 3.60. The molecule has 21 heavy (non-hydrogen) atoms. The molecule has 1 aliphatic carbocycles. The topological polar surface area (TPSA) is 51.8 Å². The highest BCUT2D eigenvalue weighted by Gasteiger charge is 2.23. The summed E-state index contributed by atoms with van der Waals surface area (Å²) in [6.07, 6.45) is 6.84. The number of rotatable bonds is 2. The van der Waals surface area contributed by atoms with Gasteiger partial charge in [0.2, 0.25) is 0 Å². The molecule has 0 spiro atoms. The molecule has 4 heteroatoms. The van der Waals surface area contributed by atoms with Crippen LogP contribution >= 0.6 is 0 Å². The quantitative estimate of drug-likeness (QED) is 0.718. The summed E-state index contributed by atoms with van der Waals surface area (Å²) in [4.78, 5) is 9.00. The number of aryl methyl sites for hydroxylation is 1. The Hall–Kier alpha value is -2.49. The first kappa shape index (κ1) is 12.3. The molecule has 0 N–H and O–H groups in total. The van der Waals surface area contributed by atoms with Crippen LogP contribution in [-0.4, -0.2) is 15.1 Å². The van der Waals surface area contributed by atoms with Crippen LogP contribution < -0.4 is 0 Å². The van der Waals surface area contributed by atoms with E-state index >= 15 is 0 Å². The van der Waals surface area contributed by atoms with E-state index in [1.807, 2.05) is 12.3 Å². The number of fused-ring (bicyclic) bond motifs is 1. The summed E-state index contributed by atoms with van der Waals surface area (Å²) >= 11 is 0. The number of benzene rings is 1. The van der Waals surface area contributed by atoms with Crippen LogP contribution in [0.5, 0.6) is 0 Å². The Labute approximate surface area is 122 Å². The van der Waals surface area contributed by atoms with Gasteiger partial charge in [-0.3, -0.25) is 0 Å². The van der Waals surface area contributed by atoms with E-state index in [2.05, 4.69) is 34.4 Å². The van der Waals surface area contributed by atoms with Gasteiger partial charge >= 0.3 is 0 Å². The van der Waals surface area contributed by atoms with Gasteiger partial charge in [0, 0.05) is 18.2 Å². The van der Waals surface area contributed by atoms with E-state index in [1.54, 1.807) is 12.3 Å². The van der Waals surface area contributed by atoms with Gasteiger partial charge in [0.25, 0.3) is 0 Å². The molecule has 1 atom stereocenters. The summed E-state index contributed by atoms with van der Waals surface area (Å²) in [6.45, 7) is 0. The van der Waals surface area contributed by atoms with Crippen molar-refractivity contribution >= 4 is 0 Å². The Kier molecular flexibility index (Phi) is 2.99. The maximum atomic E-state index is 4.88. The number of hydrogen-bond acceptors (Lipinski definition) is 4. The smallest absolute Gasteiger partial charge is 0.181 e. The first-order valence-electron chi connectivity index (χ1n) is 7.23. The maximum absolute atomic E-state index is 4.88. The first-order valence-corrected chi connectivity index (χ1v) is 7.23. The minimum absolute atomic E-state index is 0.351. The van der Waals surface area contributed by atoms with Gasteiger partial charge in [-0.25, -0.2) is 9.97 Å². The molecule has 2 aromatic heterocycles. The average molecular weight is 277 g/mol. The standard InChI is InChI=1S/C17H15N3O/c1-2-6-13-12(4-1)5-3-7-14(13)15-8-10-18-17(19-15)16-9-11-21-20-16/h1-2,4,6,8-11,14H,3,5,7H2. The van der Waals surface area contributed by atoms with Gasteiger partial charge in [0.15, 0.2) is 11.5 Å². The van der Waals surface area contributed by atoms with E-state index in [0.717, 1.165) is 18.5 Å². The zero-order chi connectivity index (χ0) is 14.1. The van der Waals surface area contributed by atoms with Crippen LogP contribution in [0.2, 0.25) is 0 Å². The Morgan fingerprint density at radius 3 is 2.95 bits per heavy atom. The van der Waals surface area contributed by atoms with Crippen molar-refractivity contribution in [2.45, 2.75) is 25.2 Å². The van der Waals surface area contributed by atoms with Crippen molar-refractivity contribution < 1.29 is 4.52 Å². The second kappa shape index (κ2) is 5.13. The molecular weight excluding hydrogens is 262 g/mol. The second-order valence-electron chi connectivity index (χ2n) is 5.33. The third-order valence-corrected chi connectivity index (χ3v) is 4.07. The lowest BCUT2D eigenvalue weighted by Gasteiger charge is -2.25. The largest absolute Gasteiger partial charge is 0.364 e. The van der Waals surface area contributed by atoms with E-state index < -0.39 is 0 Å². The fourth-order valence-electron chi connectivity index (χ4n) is 3.08. The summed E-state index contributed by atoms with van der Waals surface area (Å²) in [6, 6.07) is 12.5. The predicted molar refractivity (Wildman–Crippen MR) is 78.8 cm³/mol. The first-order chi connectivity index (χ1) is 10.4. The highest BCUT2D eigenvalue weighted by molar-refractivity contribution is 5.48. The summed E-state index contributed by atoms with van der Waals surface area (Å²) in [5.74, 6) is 0.980. The maximum Gasteiger partial charge on any atom is 0.181 e. The molecule has 1 aromatic carbocycles. The third-order valence-electron chi connectivity index (χ3n) is 4.07. The minimum Gasteiger partial charge on any atom is -0.364 e. The van der Waals surface area contributed by atoms with Crippen LogP contribution in [0.1, 0.15) is 35.6 Å². The van der Waals surface area contributed by atoms with Crippen molar-refractivity contribution in [3.05, 3.63) is 65.7 Å². The van der Waals surface area contributed by atoms with Crippen molar-refractivity contribution in [2.75, 3.05) is 0 Å². The van der Waals surface area contributed by atoms with Gasteiger partial charge in [-0.2, -0.15) is 0 Å². The lowest BCUT2D eigenvalue weighted by molar-refractivity contribution is 0.421. The zero-order valence-corrected chi connectivity index (χ0v) is 11.6. The zero-order valence-electron chi connectivity index (χ0n) is 11.6. The molecule has 0 fully saturated rings. The SMILES string of the molecule is c1ccc2c(c1)CCCC2c1ccnc(-c2ccon2)n1. The molecule has 0 radical (unpaired) electrons. The van der Waals surface area contributed by atoms with Crippen LogP contribution in [0.4, 0.5) is 0 Å². The van der Waals surface area contributed by atoms with E-state index in [1.165, 1.54) is 17.5 Å². The molecule has 0 saturated heterocycles. The fourth-order valence-corrected chi connectivity index (χ4v) is 3.08. The van der Waals surface area contributed by atoms with Crippen molar-refractivity contribution in [3.63, 3.8) is 0 Å².